The SMILES string of the molecule is NCC1(C2CC3CCC2O3)CC(O)C1. The van der Waals surface area contributed by atoms with Gasteiger partial charge in [0.2, 0.25) is 0 Å². The van der Waals surface area contributed by atoms with Crippen LogP contribution in [-0.4, -0.2) is 30.0 Å². The largest absolute Gasteiger partial charge is 0.393 e. The highest BCUT2D eigenvalue weighted by Gasteiger charge is 2.56. The fourth-order valence-corrected chi connectivity index (χ4v) is 3.78. The average Bonchev–Trinajstić information content (AvgIpc) is 2.73. The first kappa shape index (κ1) is 9.13. The Labute approximate surface area is 84.6 Å². The number of fused-ring (bicyclic) bond motifs is 2. The van der Waals surface area contributed by atoms with Crippen molar-refractivity contribution < 1.29 is 9.84 Å². The molecule has 2 bridgehead atoms. The molecule has 3 nitrogen and oxygen atoms in total. The third-order valence-electron chi connectivity index (χ3n) is 4.58. The average molecular weight is 197 g/mol. The molecule has 0 radical (unpaired) electrons. The lowest BCUT2D eigenvalue weighted by Crippen LogP contribution is -2.53. The van der Waals surface area contributed by atoms with E-state index in [4.69, 9.17) is 10.5 Å². The van der Waals surface area contributed by atoms with Crippen molar-refractivity contribution in [2.45, 2.75) is 50.4 Å². The Morgan fingerprint density at radius 2 is 2.14 bits per heavy atom. The molecule has 3 fully saturated rings. The molecule has 14 heavy (non-hydrogen) atoms. The molecule has 2 heterocycles. The van der Waals surface area contributed by atoms with E-state index in [-0.39, 0.29) is 11.5 Å². The summed E-state index contributed by atoms with van der Waals surface area (Å²) in [6, 6.07) is 0. The molecule has 80 valence electrons. The lowest BCUT2D eigenvalue weighted by Gasteiger charge is -2.50. The lowest BCUT2D eigenvalue weighted by atomic mass is 9.56. The van der Waals surface area contributed by atoms with Crippen molar-refractivity contribution in [3.63, 3.8) is 0 Å². The second-order valence-electron chi connectivity index (χ2n) is 5.34. The molecule has 1 aliphatic carbocycles. The molecule has 0 amide bonds. The first-order chi connectivity index (χ1) is 6.73. The van der Waals surface area contributed by atoms with E-state index >= 15 is 0 Å². The minimum absolute atomic E-state index is 0.0994. The standard InChI is InChI=1S/C11H19NO2/c12-6-11(4-7(13)5-11)9-3-8-1-2-10(9)14-8/h7-10,13H,1-6,12H2. The van der Waals surface area contributed by atoms with Gasteiger partial charge in [-0.05, 0) is 50.0 Å². The third kappa shape index (κ3) is 1.09. The van der Waals surface area contributed by atoms with Crippen LogP contribution in [0.3, 0.4) is 0 Å². The first-order valence-electron chi connectivity index (χ1n) is 5.77. The molecular weight excluding hydrogens is 178 g/mol. The minimum atomic E-state index is -0.0994. The number of ether oxygens (including phenoxy) is 1. The fraction of sp³-hybridized carbons (Fsp3) is 1.00. The van der Waals surface area contributed by atoms with Gasteiger partial charge in [-0.2, -0.15) is 0 Å². The molecule has 2 aliphatic heterocycles. The van der Waals surface area contributed by atoms with Crippen molar-refractivity contribution in [1.82, 2.24) is 0 Å². The first-order valence-corrected chi connectivity index (χ1v) is 5.77. The number of aliphatic hydroxyl groups is 1. The summed E-state index contributed by atoms with van der Waals surface area (Å²) in [6.45, 7) is 0.724. The van der Waals surface area contributed by atoms with Gasteiger partial charge in [0, 0.05) is 0 Å². The van der Waals surface area contributed by atoms with Crippen LogP contribution < -0.4 is 5.73 Å². The van der Waals surface area contributed by atoms with E-state index in [9.17, 15) is 5.11 Å². The van der Waals surface area contributed by atoms with Gasteiger partial charge in [0.1, 0.15) is 0 Å². The van der Waals surface area contributed by atoms with Crippen molar-refractivity contribution in [1.29, 1.82) is 0 Å². The molecule has 3 rings (SSSR count). The smallest absolute Gasteiger partial charge is 0.0614 e. The van der Waals surface area contributed by atoms with Gasteiger partial charge in [-0.1, -0.05) is 0 Å². The second kappa shape index (κ2) is 2.94. The second-order valence-corrected chi connectivity index (χ2v) is 5.34. The Morgan fingerprint density at radius 1 is 1.36 bits per heavy atom. The zero-order valence-electron chi connectivity index (χ0n) is 8.48. The van der Waals surface area contributed by atoms with E-state index in [0.717, 1.165) is 19.4 Å². The van der Waals surface area contributed by atoms with Crippen LogP contribution in [0.1, 0.15) is 32.1 Å². The van der Waals surface area contributed by atoms with Crippen molar-refractivity contribution in [3.05, 3.63) is 0 Å². The Hall–Kier alpha value is -0.120. The Balaban J connectivity index is 1.75. The molecule has 0 aromatic heterocycles. The summed E-state index contributed by atoms with van der Waals surface area (Å²) in [7, 11) is 0. The Morgan fingerprint density at radius 3 is 2.57 bits per heavy atom. The van der Waals surface area contributed by atoms with E-state index in [0.29, 0.717) is 18.1 Å². The normalized spacial score (nSPS) is 56.1. The zero-order valence-corrected chi connectivity index (χ0v) is 8.48. The summed E-state index contributed by atoms with van der Waals surface area (Å²) in [5.74, 6) is 0.634. The molecule has 2 saturated heterocycles. The maximum Gasteiger partial charge on any atom is 0.0614 e. The fourth-order valence-electron chi connectivity index (χ4n) is 3.78. The van der Waals surface area contributed by atoms with Gasteiger partial charge in [0.05, 0.1) is 18.3 Å². The van der Waals surface area contributed by atoms with Crippen LogP contribution in [0.5, 0.6) is 0 Å². The number of aliphatic hydroxyl groups excluding tert-OH is 1. The van der Waals surface area contributed by atoms with Gasteiger partial charge >= 0.3 is 0 Å². The van der Waals surface area contributed by atoms with E-state index in [1.165, 1.54) is 19.3 Å². The van der Waals surface area contributed by atoms with Gasteiger partial charge in [0.15, 0.2) is 0 Å². The van der Waals surface area contributed by atoms with Crippen LogP contribution in [-0.2, 0) is 4.74 Å². The molecule has 3 aliphatic rings. The highest BCUT2D eigenvalue weighted by molar-refractivity contribution is 5.06. The summed E-state index contributed by atoms with van der Waals surface area (Å²) in [6.07, 6.45) is 6.31. The van der Waals surface area contributed by atoms with Gasteiger partial charge in [-0.25, -0.2) is 0 Å². The molecule has 1 saturated carbocycles. The molecule has 0 aromatic carbocycles. The van der Waals surface area contributed by atoms with Crippen molar-refractivity contribution in [2.75, 3.05) is 6.54 Å². The van der Waals surface area contributed by atoms with Gasteiger partial charge < -0.3 is 15.6 Å². The van der Waals surface area contributed by atoms with Crippen molar-refractivity contribution >= 4 is 0 Å². The van der Waals surface area contributed by atoms with Gasteiger partial charge in [0.25, 0.3) is 0 Å². The highest BCUT2D eigenvalue weighted by Crippen LogP contribution is 2.55. The van der Waals surface area contributed by atoms with E-state index in [1.807, 2.05) is 0 Å². The molecule has 3 unspecified atom stereocenters. The zero-order chi connectivity index (χ0) is 9.76. The predicted octanol–water partition coefficient (Wildman–Crippen LogP) is 0.654. The molecule has 3 atom stereocenters. The van der Waals surface area contributed by atoms with Gasteiger partial charge in [-0.3, -0.25) is 0 Å². The molecule has 3 N–H and O–H groups in total. The van der Waals surface area contributed by atoms with E-state index in [2.05, 4.69) is 0 Å². The summed E-state index contributed by atoms with van der Waals surface area (Å²) in [5.41, 5.74) is 6.10. The maximum atomic E-state index is 9.45. The van der Waals surface area contributed by atoms with Crippen LogP contribution in [0.15, 0.2) is 0 Å². The summed E-state index contributed by atoms with van der Waals surface area (Å²) >= 11 is 0. The molecule has 3 heteroatoms. The van der Waals surface area contributed by atoms with Crippen LogP contribution >= 0.6 is 0 Å². The summed E-state index contributed by atoms with van der Waals surface area (Å²) in [4.78, 5) is 0. The highest BCUT2D eigenvalue weighted by atomic mass is 16.5. The maximum absolute atomic E-state index is 9.45. The number of hydrogen-bond donors (Lipinski definition) is 2. The van der Waals surface area contributed by atoms with Crippen molar-refractivity contribution in [3.8, 4) is 0 Å². The van der Waals surface area contributed by atoms with Crippen LogP contribution in [0.4, 0.5) is 0 Å². The van der Waals surface area contributed by atoms with Crippen LogP contribution in [0.25, 0.3) is 0 Å². The third-order valence-corrected chi connectivity index (χ3v) is 4.58. The Kier molecular flexibility index (Phi) is 1.92. The van der Waals surface area contributed by atoms with Crippen LogP contribution in [0, 0.1) is 11.3 Å². The monoisotopic (exact) mass is 197 g/mol. The van der Waals surface area contributed by atoms with Gasteiger partial charge in [-0.15, -0.1) is 0 Å². The minimum Gasteiger partial charge on any atom is -0.393 e. The molecular formula is C11H19NO2. The topological polar surface area (TPSA) is 55.5 Å². The van der Waals surface area contributed by atoms with E-state index < -0.39 is 0 Å². The number of hydrogen-bond acceptors (Lipinski definition) is 3. The quantitative estimate of drug-likeness (QED) is 0.683. The Bertz CT molecular complexity index is 237. The summed E-state index contributed by atoms with van der Waals surface area (Å²) in [5, 5.41) is 9.45. The van der Waals surface area contributed by atoms with Crippen LogP contribution in [0.2, 0.25) is 0 Å². The molecule has 0 aromatic rings. The van der Waals surface area contributed by atoms with Crippen molar-refractivity contribution in [2.24, 2.45) is 17.1 Å². The molecule has 0 spiro atoms. The summed E-state index contributed by atoms with van der Waals surface area (Å²) < 4.78 is 5.87. The number of rotatable bonds is 2. The number of nitrogens with two attached hydrogens (primary N) is 1. The lowest BCUT2D eigenvalue weighted by molar-refractivity contribution is -0.0805. The predicted molar refractivity (Wildman–Crippen MR) is 52.7 cm³/mol. The van der Waals surface area contributed by atoms with E-state index in [1.54, 1.807) is 0 Å².